The van der Waals surface area contributed by atoms with Gasteiger partial charge in [-0.2, -0.15) is 0 Å². The number of benzene rings is 2. The third-order valence-corrected chi connectivity index (χ3v) is 5.40. The summed E-state index contributed by atoms with van der Waals surface area (Å²) in [5.41, 5.74) is 3.74. The van der Waals surface area contributed by atoms with Crippen LogP contribution >= 0.6 is 0 Å². The number of hydrogen-bond acceptors (Lipinski definition) is 4. The predicted octanol–water partition coefficient (Wildman–Crippen LogP) is 4.41. The first kappa shape index (κ1) is 26.5. The van der Waals surface area contributed by atoms with Crippen LogP contribution in [0.5, 0.6) is 0 Å². The van der Waals surface area contributed by atoms with Crippen molar-refractivity contribution in [2.75, 3.05) is 19.6 Å². The minimum absolute atomic E-state index is 0.297. The Hall–Kier alpha value is -3.71. The van der Waals surface area contributed by atoms with Crippen molar-refractivity contribution in [1.29, 1.82) is 0 Å². The summed E-state index contributed by atoms with van der Waals surface area (Å²) in [5.74, 6) is -2.89. The lowest BCUT2D eigenvalue weighted by Crippen LogP contribution is -2.36. The molecule has 1 aliphatic rings. The van der Waals surface area contributed by atoms with E-state index in [-0.39, 0.29) is 0 Å². The molecule has 180 valence electrons. The Morgan fingerprint density at radius 3 is 1.85 bits per heavy atom. The average Bonchev–Trinajstić information content (AvgIpc) is 2.82. The van der Waals surface area contributed by atoms with E-state index in [1.807, 2.05) is 12.1 Å². The van der Waals surface area contributed by atoms with Gasteiger partial charge in [-0.3, -0.25) is 4.79 Å². The van der Waals surface area contributed by atoms with Crippen molar-refractivity contribution in [2.45, 2.75) is 25.7 Å². The molecule has 1 saturated heterocycles. The topological polar surface area (TPSA) is 115 Å². The Labute approximate surface area is 199 Å². The molecule has 0 aromatic heterocycles. The normalized spacial score (nSPS) is 15.7. The Kier molecular flexibility index (Phi) is 11.3. The zero-order valence-corrected chi connectivity index (χ0v) is 19.0. The summed E-state index contributed by atoms with van der Waals surface area (Å²) in [5, 5.41) is 24.6. The van der Waals surface area contributed by atoms with Crippen LogP contribution in [0.3, 0.4) is 0 Å². The predicted molar refractivity (Wildman–Crippen MR) is 130 cm³/mol. The summed E-state index contributed by atoms with van der Waals surface area (Å²) in [4.78, 5) is 32.5. The number of carbonyl (C=O) groups is 3. The van der Waals surface area contributed by atoms with E-state index in [2.05, 4.69) is 59.5 Å². The van der Waals surface area contributed by atoms with Crippen LogP contribution in [0.15, 0.2) is 78.9 Å². The maximum Gasteiger partial charge on any atom is 0.328 e. The summed E-state index contributed by atoms with van der Waals surface area (Å²) in [6.45, 7) is 2.97. The first-order valence-corrected chi connectivity index (χ1v) is 11.2. The lowest BCUT2D eigenvalue weighted by atomic mass is 9.94. The van der Waals surface area contributed by atoms with E-state index in [0.717, 1.165) is 38.9 Å². The lowest BCUT2D eigenvalue weighted by Gasteiger charge is -2.31. The molecule has 1 fully saturated rings. The zero-order chi connectivity index (χ0) is 24.8. The molecule has 3 N–H and O–H groups in total. The van der Waals surface area contributed by atoms with Gasteiger partial charge in [0, 0.05) is 31.7 Å². The minimum Gasteiger partial charge on any atom is -0.481 e. The molecule has 0 aliphatic carbocycles. The molecule has 7 nitrogen and oxygen atoms in total. The van der Waals surface area contributed by atoms with E-state index in [0.29, 0.717) is 24.5 Å². The molecule has 0 spiro atoms. The molecular weight excluding hydrogens is 434 g/mol. The minimum atomic E-state index is -1.26. The highest BCUT2D eigenvalue weighted by Crippen LogP contribution is 2.24. The second kappa shape index (κ2) is 14.4. The Morgan fingerprint density at radius 1 is 0.853 bits per heavy atom. The largest absolute Gasteiger partial charge is 0.481 e. The third-order valence-electron chi connectivity index (χ3n) is 5.40. The smallest absolute Gasteiger partial charge is 0.328 e. The van der Waals surface area contributed by atoms with Crippen molar-refractivity contribution in [3.63, 3.8) is 0 Å². The second-order valence-electron chi connectivity index (χ2n) is 8.06. The summed E-state index contributed by atoms with van der Waals surface area (Å²) in [7, 11) is 0. The van der Waals surface area contributed by atoms with Gasteiger partial charge in [0.1, 0.15) is 0 Å². The molecule has 1 heterocycles. The number of piperidine rings is 1. The van der Waals surface area contributed by atoms with Gasteiger partial charge in [-0.1, -0.05) is 66.7 Å². The van der Waals surface area contributed by atoms with Crippen molar-refractivity contribution in [2.24, 2.45) is 5.92 Å². The number of carboxylic acid groups (broad SMARTS) is 3. The van der Waals surface area contributed by atoms with Gasteiger partial charge >= 0.3 is 17.9 Å². The monoisotopic (exact) mass is 465 g/mol. The first-order valence-electron chi connectivity index (χ1n) is 11.2. The third kappa shape index (κ3) is 10.3. The molecule has 1 unspecified atom stereocenters. The summed E-state index contributed by atoms with van der Waals surface area (Å²) in [6.07, 6.45) is 6.85. The van der Waals surface area contributed by atoms with Crippen molar-refractivity contribution in [3.05, 3.63) is 90.0 Å². The quantitative estimate of drug-likeness (QED) is 0.470. The highest BCUT2D eigenvalue weighted by atomic mass is 16.4. The maximum atomic E-state index is 11.0. The molecule has 2 aromatic rings. The highest BCUT2D eigenvalue weighted by molar-refractivity contribution is 5.89. The molecule has 34 heavy (non-hydrogen) atoms. The van der Waals surface area contributed by atoms with Crippen molar-refractivity contribution < 1.29 is 29.7 Å². The maximum absolute atomic E-state index is 11.0. The van der Waals surface area contributed by atoms with Crippen LogP contribution < -0.4 is 0 Å². The lowest BCUT2D eigenvalue weighted by molar-refractivity contribution is -0.138. The molecule has 3 rings (SSSR count). The number of hydrogen-bond donors (Lipinski definition) is 3. The van der Waals surface area contributed by atoms with Crippen LogP contribution in [-0.2, 0) is 14.4 Å². The van der Waals surface area contributed by atoms with E-state index >= 15 is 0 Å². The van der Waals surface area contributed by atoms with E-state index in [1.54, 1.807) is 0 Å². The molecule has 0 bridgehead atoms. The molecule has 0 saturated carbocycles. The van der Waals surface area contributed by atoms with E-state index in [1.165, 1.54) is 16.7 Å². The first-order chi connectivity index (χ1) is 16.3. The number of carboxylic acids is 3. The van der Waals surface area contributed by atoms with Crippen molar-refractivity contribution in [3.8, 4) is 0 Å². The number of rotatable bonds is 9. The van der Waals surface area contributed by atoms with Crippen LogP contribution in [0.1, 0.15) is 36.8 Å². The molecule has 2 aromatic carbocycles. The van der Waals surface area contributed by atoms with Crippen LogP contribution in [0, 0.1) is 5.92 Å². The molecular formula is C27H31NO6. The Bertz CT molecular complexity index is 927. The van der Waals surface area contributed by atoms with E-state index < -0.39 is 17.9 Å². The van der Waals surface area contributed by atoms with Gasteiger partial charge < -0.3 is 20.2 Å². The van der Waals surface area contributed by atoms with Crippen LogP contribution in [0.4, 0.5) is 0 Å². The zero-order valence-electron chi connectivity index (χ0n) is 19.0. The summed E-state index contributed by atoms with van der Waals surface area (Å²) >= 11 is 0. The van der Waals surface area contributed by atoms with Gasteiger partial charge in [0.05, 0.1) is 0 Å². The Morgan fingerprint density at radius 2 is 1.38 bits per heavy atom. The van der Waals surface area contributed by atoms with Crippen molar-refractivity contribution >= 4 is 23.5 Å². The van der Waals surface area contributed by atoms with E-state index in [9.17, 15) is 14.4 Å². The van der Waals surface area contributed by atoms with Gasteiger partial charge in [0.2, 0.25) is 0 Å². The van der Waals surface area contributed by atoms with Gasteiger partial charge in [-0.25, -0.2) is 9.59 Å². The van der Waals surface area contributed by atoms with Gasteiger partial charge in [-0.15, -0.1) is 0 Å². The molecule has 1 aliphatic heterocycles. The van der Waals surface area contributed by atoms with Crippen LogP contribution in [0.2, 0.25) is 0 Å². The number of likely N-dealkylation sites (tertiary alicyclic amines) is 1. The molecule has 0 amide bonds. The Balaban J connectivity index is 0.000000440. The fourth-order valence-electron chi connectivity index (χ4n) is 3.94. The number of nitrogens with zero attached hydrogens (tertiary/aromatic N) is 1. The van der Waals surface area contributed by atoms with Crippen LogP contribution in [-0.4, -0.2) is 57.8 Å². The van der Waals surface area contributed by atoms with Crippen LogP contribution in [0.25, 0.3) is 5.57 Å². The van der Waals surface area contributed by atoms with Crippen molar-refractivity contribution in [1.82, 2.24) is 4.90 Å². The second-order valence-corrected chi connectivity index (χ2v) is 8.06. The van der Waals surface area contributed by atoms with Gasteiger partial charge in [-0.05, 0) is 48.4 Å². The summed E-state index contributed by atoms with van der Waals surface area (Å²) < 4.78 is 0. The fourth-order valence-corrected chi connectivity index (χ4v) is 3.94. The average molecular weight is 466 g/mol. The molecule has 0 radical (unpaired) electrons. The molecule has 7 heteroatoms. The van der Waals surface area contributed by atoms with Gasteiger partial charge in [0.25, 0.3) is 0 Å². The van der Waals surface area contributed by atoms with Gasteiger partial charge in [0.15, 0.2) is 0 Å². The van der Waals surface area contributed by atoms with E-state index in [4.69, 9.17) is 15.3 Å². The highest BCUT2D eigenvalue weighted by Gasteiger charge is 2.21. The SMILES string of the molecule is O=C(O)/C=C\C(=O)O.O=C(O)CC1CCCN(CCC=C(c2ccccc2)c2ccccc2)C1. The molecule has 1 atom stereocenters. The summed E-state index contributed by atoms with van der Waals surface area (Å²) in [6, 6.07) is 21.0. The standard InChI is InChI=1S/C23H27NO2.C4H4O4/c25-23(26)17-19-9-7-15-24(18-19)16-8-14-22(20-10-3-1-4-11-20)21-12-5-2-6-13-21;5-3(6)1-2-4(7)8/h1-6,10-14,19H,7-9,15-18H2,(H,25,26);1-2H,(H,5,6)(H,7,8)/b;2-1-. The fraction of sp³-hybridized carbons (Fsp3) is 0.296. The number of aliphatic carboxylic acids is 3.